The average Bonchev–Trinajstić information content (AvgIpc) is 3.01. The molecule has 0 bridgehead atoms. The summed E-state index contributed by atoms with van der Waals surface area (Å²) in [5.41, 5.74) is 0.945. The van der Waals surface area contributed by atoms with Crippen molar-refractivity contribution >= 4 is 50.7 Å². The number of nitrogens with zero attached hydrogens (tertiary/aromatic N) is 2. The van der Waals surface area contributed by atoms with Crippen molar-refractivity contribution in [1.29, 1.82) is 0 Å². The standard InChI is InChI=1S/C32H37Cl2N3O5S/c1-3-29(32(39)35-25-10-6-4-7-11-25)36(21-23-14-16-24(33)17-15-23)31(38)22-37(26-18-19-30(42-2)28(34)20-26)43(40,41)27-12-8-5-9-13-27/h5,8-9,12-20,25,29H,3-4,6-7,10-11,21-22H2,1-2H3,(H,35,39)/t29-/m1/s1. The zero-order valence-corrected chi connectivity index (χ0v) is 26.7. The molecular weight excluding hydrogens is 609 g/mol. The second-order valence-electron chi connectivity index (χ2n) is 10.6. The van der Waals surface area contributed by atoms with Crippen LogP contribution in [0, 0.1) is 0 Å². The molecule has 3 aromatic carbocycles. The van der Waals surface area contributed by atoms with Gasteiger partial charge in [0.25, 0.3) is 10.0 Å². The smallest absolute Gasteiger partial charge is 0.264 e. The van der Waals surface area contributed by atoms with E-state index < -0.39 is 28.5 Å². The molecule has 1 saturated carbocycles. The summed E-state index contributed by atoms with van der Waals surface area (Å²) >= 11 is 12.5. The molecule has 0 saturated heterocycles. The Balaban J connectivity index is 1.72. The molecule has 4 rings (SSSR count). The Labute approximate surface area is 264 Å². The second-order valence-corrected chi connectivity index (χ2v) is 13.3. The van der Waals surface area contributed by atoms with Crippen molar-refractivity contribution in [2.45, 2.75) is 69.0 Å². The van der Waals surface area contributed by atoms with Crippen molar-refractivity contribution in [1.82, 2.24) is 10.2 Å². The summed E-state index contributed by atoms with van der Waals surface area (Å²) in [6.07, 6.45) is 5.38. The van der Waals surface area contributed by atoms with Crippen LogP contribution in [-0.2, 0) is 26.2 Å². The Hall–Kier alpha value is -3.27. The number of benzene rings is 3. The normalized spacial score (nSPS) is 14.5. The van der Waals surface area contributed by atoms with Crippen LogP contribution >= 0.6 is 23.2 Å². The monoisotopic (exact) mass is 645 g/mol. The van der Waals surface area contributed by atoms with Gasteiger partial charge in [0, 0.05) is 17.6 Å². The lowest BCUT2D eigenvalue weighted by molar-refractivity contribution is -0.140. The van der Waals surface area contributed by atoms with Crippen LogP contribution < -0.4 is 14.4 Å². The predicted octanol–water partition coefficient (Wildman–Crippen LogP) is 6.45. The fourth-order valence-electron chi connectivity index (χ4n) is 5.31. The van der Waals surface area contributed by atoms with Crippen molar-refractivity contribution in [3.05, 3.63) is 88.4 Å². The first-order valence-electron chi connectivity index (χ1n) is 14.4. The quantitative estimate of drug-likeness (QED) is 0.244. The van der Waals surface area contributed by atoms with Gasteiger partial charge in [-0.05, 0) is 67.3 Å². The largest absolute Gasteiger partial charge is 0.495 e. The van der Waals surface area contributed by atoms with Crippen molar-refractivity contribution in [3.63, 3.8) is 0 Å². The maximum Gasteiger partial charge on any atom is 0.264 e. The zero-order valence-electron chi connectivity index (χ0n) is 24.3. The first-order valence-corrected chi connectivity index (χ1v) is 16.6. The molecule has 11 heteroatoms. The molecule has 3 aromatic rings. The highest BCUT2D eigenvalue weighted by Gasteiger charge is 2.34. The van der Waals surface area contributed by atoms with Gasteiger partial charge in [0.15, 0.2) is 0 Å². The lowest BCUT2D eigenvalue weighted by Crippen LogP contribution is -2.54. The molecule has 0 radical (unpaired) electrons. The van der Waals surface area contributed by atoms with E-state index in [1.54, 1.807) is 48.5 Å². The Morgan fingerprint density at radius 1 is 0.977 bits per heavy atom. The summed E-state index contributed by atoms with van der Waals surface area (Å²) in [6.45, 7) is 1.38. The Morgan fingerprint density at radius 2 is 1.65 bits per heavy atom. The maximum atomic E-state index is 14.2. The minimum absolute atomic E-state index is 0.0149. The van der Waals surface area contributed by atoms with E-state index >= 15 is 0 Å². The van der Waals surface area contributed by atoms with E-state index in [4.69, 9.17) is 27.9 Å². The van der Waals surface area contributed by atoms with Crippen LogP contribution in [0.5, 0.6) is 5.75 Å². The number of hydrogen-bond donors (Lipinski definition) is 1. The van der Waals surface area contributed by atoms with Gasteiger partial charge in [-0.3, -0.25) is 13.9 Å². The number of sulfonamides is 1. The number of amides is 2. The highest BCUT2D eigenvalue weighted by atomic mass is 35.5. The Bertz CT molecular complexity index is 1500. The van der Waals surface area contributed by atoms with Gasteiger partial charge in [-0.1, -0.05) is 79.7 Å². The van der Waals surface area contributed by atoms with E-state index in [-0.39, 0.29) is 34.1 Å². The molecule has 1 fully saturated rings. The number of carbonyl (C=O) groups is 2. The number of halogens is 2. The molecule has 1 N–H and O–H groups in total. The van der Waals surface area contributed by atoms with Crippen LogP contribution in [0.15, 0.2) is 77.7 Å². The van der Waals surface area contributed by atoms with Crippen LogP contribution in [0.2, 0.25) is 10.0 Å². The van der Waals surface area contributed by atoms with E-state index in [0.717, 1.165) is 42.0 Å². The van der Waals surface area contributed by atoms with Crippen molar-refractivity contribution in [2.24, 2.45) is 0 Å². The summed E-state index contributed by atoms with van der Waals surface area (Å²) in [7, 11) is -2.75. The molecule has 1 aliphatic rings. The van der Waals surface area contributed by atoms with E-state index in [9.17, 15) is 18.0 Å². The summed E-state index contributed by atoms with van der Waals surface area (Å²) < 4.78 is 34.2. The van der Waals surface area contributed by atoms with Crippen molar-refractivity contribution in [3.8, 4) is 5.75 Å². The topological polar surface area (TPSA) is 96.0 Å². The van der Waals surface area contributed by atoms with E-state index in [2.05, 4.69) is 5.32 Å². The highest BCUT2D eigenvalue weighted by molar-refractivity contribution is 7.92. The van der Waals surface area contributed by atoms with Gasteiger partial charge in [-0.2, -0.15) is 0 Å². The summed E-state index contributed by atoms with van der Waals surface area (Å²) in [6, 6.07) is 18.7. The summed E-state index contributed by atoms with van der Waals surface area (Å²) in [5, 5.41) is 3.88. The minimum atomic E-state index is -4.20. The summed E-state index contributed by atoms with van der Waals surface area (Å²) in [4.78, 5) is 29.3. The maximum absolute atomic E-state index is 14.2. The molecule has 2 amide bonds. The highest BCUT2D eigenvalue weighted by Crippen LogP contribution is 2.32. The van der Waals surface area contributed by atoms with E-state index in [0.29, 0.717) is 17.2 Å². The predicted molar refractivity (Wildman–Crippen MR) is 170 cm³/mol. The fraction of sp³-hybridized carbons (Fsp3) is 0.375. The molecule has 0 unspecified atom stereocenters. The minimum Gasteiger partial charge on any atom is -0.495 e. The average molecular weight is 647 g/mol. The van der Waals surface area contributed by atoms with Crippen molar-refractivity contribution in [2.75, 3.05) is 18.0 Å². The molecule has 1 atom stereocenters. The van der Waals surface area contributed by atoms with Gasteiger partial charge in [0.2, 0.25) is 11.8 Å². The van der Waals surface area contributed by atoms with Gasteiger partial charge in [-0.25, -0.2) is 8.42 Å². The fourth-order valence-corrected chi connectivity index (χ4v) is 7.11. The third-order valence-corrected chi connectivity index (χ3v) is 9.97. The van der Waals surface area contributed by atoms with Gasteiger partial charge in [0.05, 0.1) is 22.7 Å². The molecule has 43 heavy (non-hydrogen) atoms. The number of ether oxygens (including phenoxy) is 1. The lowest BCUT2D eigenvalue weighted by Gasteiger charge is -2.34. The molecule has 1 aliphatic carbocycles. The third-order valence-electron chi connectivity index (χ3n) is 7.64. The van der Waals surface area contributed by atoms with Crippen LogP contribution in [0.1, 0.15) is 51.0 Å². The first kappa shape index (κ1) is 32.6. The molecule has 0 aliphatic heterocycles. The van der Waals surface area contributed by atoms with E-state index in [1.807, 2.05) is 6.92 Å². The molecule has 0 aromatic heterocycles. The number of hydrogen-bond acceptors (Lipinski definition) is 5. The molecule has 0 spiro atoms. The summed E-state index contributed by atoms with van der Waals surface area (Å²) in [5.74, 6) is -0.419. The molecule has 8 nitrogen and oxygen atoms in total. The molecule has 230 valence electrons. The first-order chi connectivity index (χ1) is 20.6. The van der Waals surface area contributed by atoms with Gasteiger partial charge in [-0.15, -0.1) is 0 Å². The lowest BCUT2D eigenvalue weighted by atomic mass is 9.95. The SMILES string of the molecule is CC[C@H](C(=O)NC1CCCCC1)N(Cc1ccc(Cl)cc1)C(=O)CN(c1ccc(OC)c(Cl)c1)S(=O)(=O)c1ccccc1. The molecule has 0 heterocycles. The van der Waals surface area contributed by atoms with Crippen LogP contribution in [0.3, 0.4) is 0 Å². The van der Waals surface area contributed by atoms with Gasteiger partial charge >= 0.3 is 0 Å². The Morgan fingerprint density at radius 3 is 2.26 bits per heavy atom. The zero-order chi connectivity index (χ0) is 31.0. The van der Waals surface area contributed by atoms with Crippen LogP contribution in [-0.4, -0.2) is 50.9 Å². The number of carbonyl (C=O) groups excluding carboxylic acids is 2. The van der Waals surface area contributed by atoms with E-state index in [1.165, 1.54) is 36.3 Å². The van der Waals surface area contributed by atoms with Crippen LogP contribution in [0.25, 0.3) is 0 Å². The third kappa shape index (κ3) is 8.22. The van der Waals surface area contributed by atoms with Gasteiger partial charge in [0.1, 0.15) is 18.3 Å². The Kier molecular flexibility index (Phi) is 11.3. The number of anilines is 1. The molecular formula is C32H37Cl2N3O5S. The van der Waals surface area contributed by atoms with Gasteiger partial charge < -0.3 is 15.0 Å². The number of methoxy groups -OCH3 is 1. The van der Waals surface area contributed by atoms with Crippen LogP contribution in [0.4, 0.5) is 5.69 Å². The van der Waals surface area contributed by atoms with Crippen molar-refractivity contribution < 1.29 is 22.7 Å². The number of nitrogens with one attached hydrogen (secondary N) is 1. The number of rotatable bonds is 12. The second kappa shape index (κ2) is 14.9.